The second kappa shape index (κ2) is 7.40. The first-order valence-electron chi connectivity index (χ1n) is 5.46. The fourth-order valence-corrected chi connectivity index (χ4v) is 3.30. The van der Waals surface area contributed by atoms with Crippen molar-refractivity contribution in [3.63, 3.8) is 0 Å². The Hall–Kier alpha value is -0.200. The van der Waals surface area contributed by atoms with E-state index in [-0.39, 0.29) is 11.9 Å². The molecule has 0 aliphatic heterocycles. The largest absolute Gasteiger partial charge is 0.350 e. The summed E-state index contributed by atoms with van der Waals surface area (Å²) in [6.07, 6.45) is 2.38. The van der Waals surface area contributed by atoms with Crippen LogP contribution in [-0.4, -0.2) is 28.2 Å². The third-order valence-corrected chi connectivity index (χ3v) is 4.35. The molecule has 0 radical (unpaired) electrons. The zero-order valence-electron chi connectivity index (χ0n) is 10.2. The molecule has 0 saturated heterocycles. The van der Waals surface area contributed by atoms with Crippen LogP contribution in [0.1, 0.15) is 23.7 Å². The highest BCUT2D eigenvalue weighted by atomic mass is 79.9. The zero-order valence-corrected chi connectivity index (χ0v) is 14.2. The summed E-state index contributed by atoms with van der Waals surface area (Å²) in [7, 11) is -0.820. The van der Waals surface area contributed by atoms with Crippen LogP contribution in [0.3, 0.4) is 0 Å². The van der Waals surface area contributed by atoms with Gasteiger partial charge < -0.3 is 5.32 Å². The zero-order chi connectivity index (χ0) is 13.7. The van der Waals surface area contributed by atoms with Crippen LogP contribution in [0.25, 0.3) is 0 Å². The van der Waals surface area contributed by atoms with E-state index in [4.69, 9.17) is 0 Å². The predicted octanol–water partition coefficient (Wildman–Crippen LogP) is 3.10. The lowest BCUT2D eigenvalue weighted by molar-refractivity contribution is 0.0938. The lowest BCUT2D eigenvalue weighted by atomic mass is 10.2. The SMILES string of the molecule is CC(CCS(C)=O)NC(=O)c1ccc(Br)cc1Br. The number of nitrogens with one attached hydrogen (secondary N) is 1. The molecule has 0 aromatic heterocycles. The number of hydrogen-bond donors (Lipinski definition) is 1. The van der Waals surface area contributed by atoms with Crippen molar-refractivity contribution in [3.8, 4) is 0 Å². The Morgan fingerprint density at radius 3 is 2.67 bits per heavy atom. The fourth-order valence-electron chi connectivity index (χ4n) is 1.39. The molecule has 18 heavy (non-hydrogen) atoms. The molecule has 0 spiro atoms. The monoisotopic (exact) mass is 395 g/mol. The second-order valence-electron chi connectivity index (χ2n) is 4.06. The molecule has 1 N–H and O–H groups in total. The molecule has 0 aliphatic rings. The third kappa shape index (κ3) is 5.20. The molecule has 2 atom stereocenters. The Morgan fingerprint density at radius 1 is 1.44 bits per heavy atom. The summed E-state index contributed by atoms with van der Waals surface area (Å²) in [5.74, 6) is 0.479. The highest BCUT2D eigenvalue weighted by molar-refractivity contribution is 9.11. The molecule has 6 heteroatoms. The maximum absolute atomic E-state index is 12.0. The highest BCUT2D eigenvalue weighted by Gasteiger charge is 2.13. The lowest BCUT2D eigenvalue weighted by Crippen LogP contribution is -2.33. The normalized spacial score (nSPS) is 14.0. The van der Waals surface area contributed by atoms with E-state index in [0.29, 0.717) is 17.7 Å². The van der Waals surface area contributed by atoms with Crippen LogP contribution in [0.2, 0.25) is 0 Å². The molecule has 0 bridgehead atoms. The Morgan fingerprint density at radius 2 is 2.11 bits per heavy atom. The minimum Gasteiger partial charge on any atom is -0.350 e. The Labute approximate surface area is 126 Å². The molecule has 0 aliphatic carbocycles. The van der Waals surface area contributed by atoms with Crippen LogP contribution >= 0.6 is 31.9 Å². The van der Waals surface area contributed by atoms with Crippen molar-refractivity contribution in [1.29, 1.82) is 0 Å². The van der Waals surface area contributed by atoms with E-state index in [1.807, 2.05) is 19.1 Å². The number of carbonyl (C=O) groups excluding carboxylic acids is 1. The van der Waals surface area contributed by atoms with Gasteiger partial charge in [-0.25, -0.2) is 0 Å². The second-order valence-corrected chi connectivity index (χ2v) is 7.39. The molecule has 1 aromatic rings. The fraction of sp³-hybridized carbons (Fsp3) is 0.417. The van der Waals surface area contributed by atoms with Crippen molar-refractivity contribution in [3.05, 3.63) is 32.7 Å². The van der Waals surface area contributed by atoms with Gasteiger partial charge in [-0.05, 0) is 47.5 Å². The molecule has 0 heterocycles. The first-order chi connectivity index (χ1) is 8.40. The van der Waals surface area contributed by atoms with Crippen LogP contribution in [-0.2, 0) is 10.8 Å². The van der Waals surface area contributed by atoms with Crippen molar-refractivity contribution in [2.24, 2.45) is 0 Å². The summed E-state index contributed by atoms with van der Waals surface area (Å²) in [4.78, 5) is 12.0. The number of rotatable bonds is 5. The molecular formula is C12H15Br2NO2S. The van der Waals surface area contributed by atoms with E-state index < -0.39 is 10.8 Å². The molecule has 2 unspecified atom stereocenters. The molecule has 1 amide bonds. The van der Waals surface area contributed by atoms with Gasteiger partial charge in [0.05, 0.1) is 5.56 Å². The topological polar surface area (TPSA) is 46.2 Å². The minimum absolute atomic E-state index is 0.0111. The molecule has 0 fully saturated rings. The number of hydrogen-bond acceptors (Lipinski definition) is 2. The lowest BCUT2D eigenvalue weighted by Gasteiger charge is -2.14. The summed E-state index contributed by atoms with van der Waals surface area (Å²) < 4.78 is 12.6. The smallest absolute Gasteiger partial charge is 0.252 e. The molecule has 0 saturated carbocycles. The number of benzene rings is 1. The van der Waals surface area contributed by atoms with Crippen LogP contribution in [0.4, 0.5) is 0 Å². The van der Waals surface area contributed by atoms with Crippen LogP contribution in [0.15, 0.2) is 27.1 Å². The van der Waals surface area contributed by atoms with Gasteiger partial charge in [0.2, 0.25) is 0 Å². The summed E-state index contributed by atoms with van der Waals surface area (Å²) >= 11 is 6.70. The van der Waals surface area contributed by atoms with E-state index in [1.54, 1.807) is 12.3 Å². The third-order valence-electron chi connectivity index (χ3n) is 2.39. The van der Waals surface area contributed by atoms with Gasteiger partial charge in [-0.2, -0.15) is 0 Å². The van der Waals surface area contributed by atoms with E-state index in [0.717, 1.165) is 8.95 Å². The molecule has 1 aromatic carbocycles. The Balaban J connectivity index is 2.62. The average Bonchev–Trinajstić information content (AvgIpc) is 2.26. The van der Waals surface area contributed by atoms with E-state index in [9.17, 15) is 9.00 Å². The molecular weight excluding hydrogens is 382 g/mol. The maximum Gasteiger partial charge on any atom is 0.252 e. The number of amides is 1. The first kappa shape index (κ1) is 15.9. The van der Waals surface area contributed by atoms with E-state index in [1.165, 1.54) is 0 Å². The van der Waals surface area contributed by atoms with Crippen molar-refractivity contribution in [2.75, 3.05) is 12.0 Å². The van der Waals surface area contributed by atoms with Crippen molar-refractivity contribution >= 4 is 48.6 Å². The predicted molar refractivity (Wildman–Crippen MR) is 82.3 cm³/mol. The van der Waals surface area contributed by atoms with Crippen LogP contribution in [0.5, 0.6) is 0 Å². The summed E-state index contributed by atoms with van der Waals surface area (Å²) in [5.41, 5.74) is 0.600. The van der Waals surface area contributed by atoms with E-state index >= 15 is 0 Å². The van der Waals surface area contributed by atoms with Gasteiger partial charge in [-0.1, -0.05) is 15.9 Å². The van der Waals surface area contributed by atoms with E-state index in [2.05, 4.69) is 37.2 Å². The quantitative estimate of drug-likeness (QED) is 0.831. The molecule has 1 rings (SSSR count). The standard InChI is InChI=1S/C12H15Br2NO2S/c1-8(5-6-18(2)17)15-12(16)10-4-3-9(13)7-11(10)14/h3-4,7-8H,5-6H2,1-2H3,(H,15,16). The van der Waals surface area contributed by atoms with Crippen molar-refractivity contribution in [1.82, 2.24) is 5.32 Å². The summed E-state index contributed by atoms with van der Waals surface area (Å²) in [6.45, 7) is 1.91. The average molecular weight is 397 g/mol. The van der Waals surface area contributed by atoms with Crippen LogP contribution in [0, 0.1) is 0 Å². The van der Waals surface area contributed by atoms with Crippen molar-refractivity contribution in [2.45, 2.75) is 19.4 Å². The van der Waals surface area contributed by atoms with Gasteiger partial charge in [0.15, 0.2) is 0 Å². The van der Waals surface area contributed by atoms with Gasteiger partial charge in [-0.15, -0.1) is 0 Å². The number of halogens is 2. The van der Waals surface area contributed by atoms with Gasteiger partial charge in [0.25, 0.3) is 5.91 Å². The van der Waals surface area contributed by atoms with Crippen molar-refractivity contribution < 1.29 is 9.00 Å². The van der Waals surface area contributed by atoms with Gasteiger partial charge in [0.1, 0.15) is 0 Å². The van der Waals surface area contributed by atoms with Gasteiger partial charge in [-0.3, -0.25) is 9.00 Å². The Kier molecular flexibility index (Phi) is 6.52. The van der Waals surface area contributed by atoms with Gasteiger partial charge >= 0.3 is 0 Å². The highest BCUT2D eigenvalue weighted by Crippen LogP contribution is 2.21. The maximum atomic E-state index is 12.0. The van der Waals surface area contributed by atoms with Crippen LogP contribution < -0.4 is 5.32 Å². The first-order valence-corrected chi connectivity index (χ1v) is 8.77. The van der Waals surface area contributed by atoms with Gasteiger partial charge in [0, 0.05) is 37.8 Å². The Bertz CT molecular complexity index is 465. The summed E-state index contributed by atoms with van der Waals surface area (Å²) in [6, 6.07) is 5.43. The number of carbonyl (C=O) groups is 1. The summed E-state index contributed by atoms with van der Waals surface area (Å²) in [5, 5.41) is 2.89. The molecule has 3 nitrogen and oxygen atoms in total. The molecule has 100 valence electrons. The minimum atomic E-state index is -0.820.